The summed E-state index contributed by atoms with van der Waals surface area (Å²) in [6.07, 6.45) is -0.0645. The Morgan fingerprint density at radius 3 is 2.81 bits per heavy atom. The standard InChI is InChI=1S/C12H14ClNO2/c1-3-15-8-9(2)16-12-5-4-10(7-14)6-11(12)13/h4-6,9H,3,8H2,1-2H3. The van der Waals surface area contributed by atoms with Crippen molar-refractivity contribution in [2.45, 2.75) is 20.0 Å². The molecule has 0 aliphatic rings. The number of benzene rings is 1. The van der Waals surface area contributed by atoms with E-state index in [0.717, 1.165) is 0 Å². The quantitative estimate of drug-likeness (QED) is 0.793. The Hall–Kier alpha value is -1.24. The second-order valence-electron chi connectivity index (χ2n) is 3.34. The topological polar surface area (TPSA) is 42.2 Å². The summed E-state index contributed by atoms with van der Waals surface area (Å²) in [5.74, 6) is 0.577. The van der Waals surface area contributed by atoms with E-state index >= 15 is 0 Å². The molecule has 86 valence electrons. The van der Waals surface area contributed by atoms with Crippen molar-refractivity contribution in [3.63, 3.8) is 0 Å². The van der Waals surface area contributed by atoms with E-state index in [1.165, 1.54) is 0 Å². The Kier molecular flexibility index (Phi) is 5.10. The molecule has 0 heterocycles. The monoisotopic (exact) mass is 239 g/mol. The van der Waals surface area contributed by atoms with Crippen molar-refractivity contribution in [1.29, 1.82) is 5.26 Å². The van der Waals surface area contributed by atoms with E-state index in [9.17, 15) is 0 Å². The molecule has 0 bridgehead atoms. The van der Waals surface area contributed by atoms with Crippen LogP contribution in [-0.4, -0.2) is 19.3 Å². The van der Waals surface area contributed by atoms with Crippen LogP contribution >= 0.6 is 11.6 Å². The first kappa shape index (κ1) is 12.8. The molecule has 0 aliphatic carbocycles. The predicted octanol–water partition coefficient (Wildman–Crippen LogP) is 3.02. The molecule has 1 aromatic rings. The Bertz CT molecular complexity index is 387. The maximum atomic E-state index is 8.68. The van der Waals surface area contributed by atoms with E-state index in [-0.39, 0.29) is 6.10 Å². The van der Waals surface area contributed by atoms with Gasteiger partial charge in [0.25, 0.3) is 0 Å². The van der Waals surface area contributed by atoms with Crippen LogP contribution < -0.4 is 4.74 Å². The van der Waals surface area contributed by atoms with Gasteiger partial charge in [-0.25, -0.2) is 0 Å². The summed E-state index contributed by atoms with van der Waals surface area (Å²) in [4.78, 5) is 0. The molecular weight excluding hydrogens is 226 g/mol. The van der Waals surface area contributed by atoms with E-state index in [4.69, 9.17) is 26.3 Å². The van der Waals surface area contributed by atoms with Gasteiger partial charge in [-0.15, -0.1) is 0 Å². The van der Waals surface area contributed by atoms with Gasteiger partial charge in [0.1, 0.15) is 11.9 Å². The molecule has 0 saturated carbocycles. The SMILES string of the molecule is CCOCC(C)Oc1ccc(C#N)cc1Cl. The highest BCUT2D eigenvalue weighted by molar-refractivity contribution is 6.32. The molecular formula is C12H14ClNO2. The van der Waals surface area contributed by atoms with Gasteiger partial charge in [-0.2, -0.15) is 5.26 Å². The lowest BCUT2D eigenvalue weighted by Gasteiger charge is -2.15. The molecule has 3 nitrogen and oxygen atoms in total. The number of nitrogens with zero attached hydrogens (tertiary/aromatic N) is 1. The van der Waals surface area contributed by atoms with Crippen LogP contribution in [0.5, 0.6) is 5.75 Å². The molecule has 1 atom stereocenters. The third-order valence-corrected chi connectivity index (χ3v) is 2.24. The number of rotatable bonds is 5. The normalized spacial score (nSPS) is 11.9. The second-order valence-corrected chi connectivity index (χ2v) is 3.75. The van der Waals surface area contributed by atoms with Gasteiger partial charge in [0.2, 0.25) is 0 Å². The largest absolute Gasteiger partial charge is 0.487 e. The summed E-state index contributed by atoms with van der Waals surface area (Å²) in [5.41, 5.74) is 0.523. The van der Waals surface area contributed by atoms with Crippen molar-refractivity contribution in [3.05, 3.63) is 28.8 Å². The van der Waals surface area contributed by atoms with Crippen LogP contribution in [0.3, 0.4) is 0 Å². The highest BCUT2D eigenvalue weighted by Gasteiger charge is 2.08. The summed E-state index contributed by atoms with van der Waals surface area (Å²) >= 11 is 5.97. The number of nitriles is 1. The minimum atomic E-state index is -0.0645. The van der Waals surface area contributed by atoms with Crippen LogP contribution in [0, 0.1) is 11.3 Å². The molecule has 1 rings (SSSR count). The third-order valence-electron chi connectivity index (χ3n) is 1.95. The van der Waals surface area contributed by atoms with Crippen molar-refractivity contribution < 1.29 is 9.47 Å². The highest BCUT2D eigenvalue weighted by atomic mass is 35.5. The minimum Gasteiger partial charge on any atom is -0.487 e. The molecule has 0 aliphatic heterocycles. The van der Waals surface area contributed by atoms with Gasteiger partial charge in [0.15, 0.2) is 0 Å². The Labute approximate surface area is 101 Å². The van der Waals surface area contributed by atoms with E-state index in [0.29, 0.717) is 29.5 Å². The van der Waals surface area contributed by atoms with Crippen LogP contribution in [-0.2, 0) is 4.74 Å². The van der Waals surface area contributed by atoms with Crippen LogP contribution in [0.2, 0.25) is 5.02 Å². The minimum absolute atomic E-state index is 0.0645. The maximum absolute atomic E-state index is 8.68. The van der Waals surface area contributed by atoms with Gasteiger partial charge >= 0.3 is 0 Å². The molecule has 0 spiro atoms. The van der Waals surface area contributed by atoms with Gasteiger partial charge in [-0.1, -0.05) is 11.6 Å². The van der Waals surface area contributed by atoms with Crippen molar-refractivity contribution in [2.24, 2.45) is 0 Å². The van der Waals surface area contributed by atoms with Crippen LogP contribution in [0.4, 0.5) is 0 Å². The van der Waals surface area contributed by atoms with Crippen LogP contribution in [0.15, 0.2) is 18.2 Å². The molecule has 0 amide bonds. The zero-order valence-electron chi connectivity index (χ0n) is 9.37. The average Bonchev–Trinajstić information content (AvgIpc) is 2.29. The smallest absolute Gasteiger partial charge is 0.138 e. The van der Waals surface area contributed by atoms with Crippen LogP contribution in [0.1, 0.15) is 19.4 Å². The number of hydrogen-bond acceptors (Lipinski definition) is 3. The lowest BCUT2D eigenvalue weighted by molar-refractivity contribution is 0.0658. The fraction of sp³-hybridized carbons (Fsp3) is 0.417. The van der Waals surface area contributed by atoms with E-state index < -0.39 is 0 Å². The van der Waals surface area contributed by atoms with Gasteiger partial charge in [-0.3, -0.25) is 0 Å². The molecule has 1 unspecified atom stereocenters. The van der Waals surface area contributed by atoms with Crippen molar-refractivity contribution in [2.75, 3.05) is 13.2 Å². The Morgan fingerprint density at radius 1 is 1.50 bits per heavy atom. The van der Waals surface area contributed by atoms with Gasteiger partial charge in [0, 0.05) is 6.61 Å². The molecule has 0 N–H and O–H groups in total. The number of ether oxygens (including phenoxy) is 2. The molecule has 1 aromatic carbocycles. The lowest BCUT2D eigenvalue weighted by Crippen LogP contribution is -2.19. The first-order valence-corrected chi connectivity index (χ1v) is 5.49. The van der Waals surface area contributed by atoms with Gasteiger partial charge in [-0.05, 0) is 32.0 Å². The highest BCUT2D eigenvalue weighted by Crippen LogP contribution is 2.26. The molecule has 4 heteroatoms. The lowest BCUT2D eigenvalue weighted by atomic mass is 10.2. The van der Waals surface area contributed by atoms with Crippen molar-refractivity contribution in [1.82, 2.24) is 0 Å². The summed E-state index contributed by atoms with van der Waals surface area (Å²) < 4.78 is 10.8. The van der Waals surface area contributed by atoms with Gasteiger partial charge in [0.05, 0.1) is 23.3 Å². The molecule has 0 aromatic heterocycles. The molecule has 0 saturated heterocycles. The first-order valence-electron chi connectivity index (χ1n) is 5.11. The first-order chi connectivity index (χ1) is 7.67. The van der Waals surface area contributed by atoms with Crippen molar-refractivity contribution >= 4 is 11.6 Å². The van der Waals surface area contributed by atoms with Gasteiger partial charge < -0.3 is 9.47 Å². The average molecular weight is 240 g/mol. The maximum Gasteiger partial charge on any atom is 0.138 e. The predicted molar refractivity (Wildman–Crippen MR) is 62.8 cm³/mol. The zero-order chi connectivity index (χ0) is 12.0. The molecule has 0 radical (unpaired) electrons. The molecule has 0 fully saturated rings. The van der Waals surface area contributed by atoms with E-state index in [2.05, 4.69) is 0 Å². The number of halogens is 1. The Morgan fingerprint density at radius 2 is 2.25 bits per heavy atom. The summed E-state index contributed by atoms with van der Waals surface area (Å²) in [7, 11) is 0. The molecule has 16 heavy (non-hydrogen) atoms. The fourth-order valence-corrected chi connectivity index (χ4v) is 1.43. The van der Waals surface area contributed by atoms with Crippen molar-refractivity contribution in [3.8, 4) is 11.8 Å². The third kappa shape index (κ3) is 3.73. The summed E-state index contributed by atoms with van der Waals surface area (Å²) in [5, 5.41) is 9.13. The summed E-state index contributed by atoms with van der Waals surface area (Å²) in [6.45, 7) is 5.02. The second kappa shape index (κ2) is 6.37. The van der Waals surface area contributed by atoms with E-state index in [1.54, 1.807) is 18.2 Å². The summed E-state index contributed by atoms with van der Waals surface area (Å²) in [6, 6.07) is 6.98. The fourth-order valence-electron chi connectivity index (χ4n) is 1.20. The Balaban J connectivity index is 2.64. The van der Waals surface area contributed by atoms with Crippen LogP contribution in [0.25, 0.3) is 0 Å². The number of hydrogen-bond donors (Lipinski definition) is 0. The van der Waals surface area contributed by atoms with E-state index in [1.807, 2.05) is 19.9 Å². The zero-order valence-corrected chi connectivity index (χ0v) is 10.1.